The summed E-state index contributed by atoms with van der Waals surface area (Å²) >= 11 is 1.90. The van der Waals surface area contributed by atoms with Crippen LogP contribution in [0.4, 0.5) is 0 Å². The number of piperidine rings is 1. The first-order valence-corrected chi connectivity index (χ1v) is 6.50. The zero-order valence-corrected chi connectivity index (χ0v) is 10.4. The first-order valence-electron chi connectivity index (χ1n) is 5.69. The molecular formula is C12H20N2S. The smallest absolute Gasteiger partial charge is 0.0245 e. The van der Waals surface area contributed by atoms with Crippen LogP contribution in [0.3, 0.4) is 0 Å². The normalized spacial score (nSPS) is 23.3. The number of nitrogens with zero attached hydrogens (tertiary/aromatic N) is 1. The average molecular weight is 224 g/mol. The number of thiophene rings is 1. The van der Waals surface area contributed by atoms with E-state index < -0.39 is 0 Å². The first-order chi connectivity index (χ1) is 7.15. The van der Waals surface area contributed by atoms with E-state index in [-0.39, 0.29) is 0 Å². The molecular weight excluding hydrogens is 204 g/mol. The minimum Gasteiger partial charge on any atom is -0.327 e. The predicted molar refractivity (Wildman–Crippen MR) is 66.3 cm³/mol. The molecule has 1 aliphatic heterocycles. The van der Waals surface area contributed by atoms with Gasteiger partial charge in [-0.15, -0.1) is 11.3 Å². The van der Waals surface area contributed by atoms with Gasteiger partial charge in [-0.25, -0.2) is 0 Å². The fraction of sp³-hybridized carbons (Fsp3) is 0.667. The van der Waals surface area contributed by atoms with Gasteiger partial charge in [0.15, 0.2) is 0 Å². The van der Waals surface area contributed by atoms with Gasteiger partial charge in [-0.3, -0.25) is 4.90 Å². The second-order valence-electron chi connectivity index (χ2n) is 4.58. The van der Waals surface area contributed by atoms with E-state index >= 15 is 0 Å². The average Bonchev–Trinajstić information content (AvgIpc) is 2.45. The molecule has 2 rings (SSSR count). The van der Waals surface area contributed by atoms with E-state index in [0.29, 0.717) is 6.04 Å². The van der Waals surface area contributed by atoms with Crippen LogP contribution in [0.25, 0.3) is 0 Å². The predicted octanol–water partition coefficient (Wildman–Crippen LogP) is 2.29. The lowest BCUT2D eigenvalue weighted by Gasteiger charge is -2.30. The highest BCUT2D eigenvalue weighted by molar-refractivity contribution is 7.12. The van der Waals surface area contributed by atoms with Crippen LogP contribution in [0.15, 0.2) is 6.07 Å². The molecule has 1 aromatic rings. The molecule has 2 heterocycles. The van der Waals surface area contributed by atoms with Crippen molar-refractivity contribution in [3.8, 4) is 0 Å². The van der Waals surface area contributed by atoms with E-state index in [1.165, 1.54) is 34.7 Å². The number of aryl methyl sites for hydroxylation is 2. The van der Waals surface area contributed by atoms with Gasteiger partial charge in [-0.2, -0.15) is 0 Å². The summed E-state index contributed by atoms with van der Waals surface area (Å²) in [7, 11) is 0. The third kappa shape index (κ3) is 2.80. The third-order valence-corrected chi connectivity index (χ3v) is 4.09. The van der Waals surface area contributed by atoms with E-state index in [4.69, 9.17) is 5.73 Å². The maximum atomic E-state index is 5.98. The molecule has 1 fully saturated rings. The monoisotopic (exact) mass is 224 g/mol. The molecule has 1 aromatic heterocycles. The highest BCUT2D eigenvalue weighted by Crippen LogP contribution is 2.23. The summed E-state index contributed by atoms with van der Waals surface area (Å²) in [6, 6.07) is 2.71. The van der Waals surface area contributed by atoms with Crippen LogP contribution in [0.1, 0.15) is 28.2 Å². The van der Waals surface area contributed by atoms with Crippen molar-refractivity contribution in [3.05, 3.63) is 21.4 Å². The van der Waals surface area contributed by atoms with Crippen molar-refractivity contribution >= 4 is 11.3 Å². The number of hydrogen-bond donors (Lipinski definition) is 1. The molecule has 2 N–H and O–H groups in total. The second kappa shape index (κ2) is 4.64. The van der Waals surface area contributed by atoms with E-state index in [1.807, 2.05) is 11.3 Å². The Bertz CT molecular complexity index is 332. The summed E-state index contributed by atoms with van der Waals surface area (Å²) in [5.74, 6) is 0. The van der Waals surface area contributed by atoms with Crippen molar-refractivity contribution in [1.29, 1.82) is 0 Å². The summed E-state index contributed by atoms with van der Waals surface area (Å²) in [6.45, 7) is 7.76. The quantitative estimate of drug-likeness (QED) is 0.835. The van der Waals surface area contributed by atoms with Crippen molar-refractivity contribution in [1.82, 2.24) is 4.90 Å². The van der Waals surface area contributed by atoms with Crippen molar-refractivity contribution in [2.45, 2.75) is 39.3 Å². The minimum absolute atomic E-state index is 0.388. The first kappa shape index (κ1) is 11.1. The maximum Gasteiger partial charge on any atom is 0.0245 e. The summed E-state index contributed by atoms with van der Waals surface area (Å²) in [5.41, 5.74) is 7.48. The molecule has 0 spiro atoms. The number of hydrogen-bond acceptors (Lipinski definition) is 3. The van der Waals surface area contributed by atoms with Crippen molar-refractivity contribution in [3.63, 3.8) is 0 Å². The Balaban J connectivity index is 1.99. The Morgan fingerprint density at radius 3 is 2.93 bits per heavy atom. The molecule has 2 nitrogen and oxygen atoms in total. The lowest BCUT2D eigenvalue weighted by Crippen LogP contribution is -2.42. The largest absolute Gasteiger partial charge is 0.327 e. The van der Waals surface area contributed by atoms with Gasteiger partial charge in [0.2, 0.25) is 0 Å². The Hall–Kier alpha value is -0.380. The van der Waals surface area contributed by atoms with Gasteiger partial charge < -0.3 is 5.73 Å². The van der Waals surface area contributed by atoms with Crippen LogP contribution >= 0.6 is 11.3 Å². The second-order valence-corrected chi connectivity index (χ2v) is 6.04. The molecule has 0 aromatic carbocycles. The van der Waals surface area contributed by atoms with Crippen LogP contribution in [0, 0.1) is 13.8 Å². The molecule has 3 heteroatoms. The Labute approximate surface area is 96.1 Å². The van der Waals surface area contributed by atoms with Gasteiger partial charge in [0.1, 0.15) is 0 Å². The SMILES string of the molecule is Cc1cc(CN2CCCC(N)C2)c(C)s1. The van der Waals surface area contributed by atoms with E-state index in [2.05, 4.69) is 24.8 Å². The van der Waals surface area contributed by atoms with Crippen LogP contribution in [-0.4, -0.2) is 24.0 Å². The lowest BCUT2D eigenvalue weighted by atomic mass is 10.1. The molecule has 1 saturated heterocycles. The zero-order valence-electron chi connectivity index (χ0n) is 9.62. The van der Waals surface area contributed by atoms with Crippen LogP contribution in [0.2, 0.25) is 0 Å². The minimum atomic E-state index is 0.388. The number of rotatable bonds is 2. The summed E-state index contributed by atoms with van der Waals surface area (Å²) < 4.78 is 0. The van der Waals surface area contributed by atoms with Gasteiger partial charge in [0, 0.05) is 28.9 Å². The Kier molecular flexibility index (Phi) is 3.44. The summed E-state index contributed by atoms with van der Waals surface area (Å²) in [6.07, 6.45) is 2.45. The van der Waals surface area contributed by atoms with Gasteiger partial charge in [0.25, 0.3) is 0 Å². The number of likely N-dealkylation sites (tertiary alicyclic amines) is 1. The molecule has 0 saturated carbocycles. The number of nitrogens with two attached hydrogens (primary N) is 1. The molecule has 0 bridgehead atoms. The highest BCUT2D eigenvalue weighted by atomic mass is 32.1. The summed E-state index contributed by atoms with van der Waals surface area (Å²) in [4.78, 5) is 5.37. The molecule has 1 aliphatic rings. The molecule has 15 heavy (non-hydrogen) atoms. The van der Waals surface area contributed by atoms with Crippen LogP contribution < -0.4 is 5.73 Å². The molecule has 0 amide bonds. The van der Waals surface area contributed by atoms with Gasteiger partial charge in [0.05, 0.1) is 0 Å². The topological polar surface area (TPSA) is 29.3 Å². The van der Waals surface area contributed by atoms with Crippen molar-refractivity contribution in [2.75, 3.05) is 13.1 Å². The molecule has 84 valence electrons. The molecule has 0 radical (unpaired) electrons. The fourth-order valence-electron chi connectivity index (χ4n) is 2.32. The van der Waals surface area contributed by atoms with Crippen LogP contribution in [-0.2, 0) is 6.54 Å². The zero-order chi connectivity index (χ0) is 10.8. The highest BCUT2D eigenvalue weighted by Gasteiger charge is 2.17. The molecule has 1 atom stereocenters. The van der Waals surface area contributed by atoms with E-state index in [1.54, 1.807) is 0 Å². The Morgan fingerprint density at radius 1 is 1.53 bits per heavy atom. The molecule has 1 unspecified atom stereocenters. The standard InChI is InChI=1S/C12H20N2S/c1-9-6-11(10(2)15-9)7-14-5-3-4-12(13)8-14/h6,12H,3-5,7-8,13H2,1-2H3. The molecule has 0 aliphatic carbocycles. The lowest BCUT2D eigenvalue weighted by molar-refractivity contribution is 0.201. The van der Waals surface area contributed by atoms with Gasteiger partial charge in [-0.05, 0) is 44.9 Å². The van der Waals surface area contributed by atoms with Gasteiger partial charge in [-0.1, -0.05) is 0 Å². The maximum absolute atomic E-state index is 5.98. The fourth-order valence-corrected chi connectivity index (χ4v) is 3.25. The van der Waals surface area contributed by atoms with E-state index in [9.17, 15) is 0 Å². The summed E-state index contributed by atoms with van der Waals surface area (Å²) in [5, 5.41) is 0. The third-order valence-electron chi connectivity index (χ3n) is 3.08. The van der Waals surface area contributed by atoms with Crippen molar-refractivity contribution < 1.29 is 0 Å². The Morgan fingerprint density at radius 2 is 2.33 bits per heavy atom. The van der Waals surface area contributed by atoms with Crippen LogP contribution in [0.5, 0.6) is 0 Å². The van der Waals surface area contributed by atoms with E-state index in [0.717, 1.165) is 13.1 Å². The van der Waals surface area contributed by atoms with Gasteiger partial charge >= 0.3 is 0 Å². The van der Waals surface area contributed by atoms with Crippen molar-refractivity contribution in [2.24, 2.45) is 5.73 Å².